The van der Waals surface area contributed by atoms with Crippen LogP contribution in [0.3, 0.4) is 0 Å². The van der Waals surface area contributed by atoms with Crippen molar-refractivity contribution in [1.82, 2.24) is 0 Å². The number of carboxylic acids is 1. The normalized spacial score (nSPS) is 19.7. The molecule has 4 nitrogen and oxygen atoms in total. The van der Waals surface area contributed by atoms with E-state index in [0.717, 1.165) is 0 Å². The highest BCUT2D eigenvalue weighted by atomic mass is 35.5. The van der Waals surface area contributed by atoms with E-state index in [2.05, 4.69) is 0 Å². The molecule has 0 spiro atoms. The van der Waals surface area contributed by atoms with Gasteiger partial charge >= 0.3 is 12.1 Å². The van der Waals surface area contributed by atoms with Gasteiger partial charge in [0.05, 0.1) is 5.02 Å². The molecule has 0 saturated heterocycles. The molecular formula is C17H12ClF3O4. The Hall–Kier alpha value is -2.41. The number of aliphatic carboxylic acids is 1. The molecule has 1 N–H and O–H groups in total. The van der Waals surface area contributed by atoms with Crippen molar-refractivity contribution in [2.75, 3.05) is 0 Å². The zero-order valence-corrected chi connectivity index (χ0v) is 13.3. The van der Waals surface area contributed by atoms with Crippen LogP contribution in [0.5, 0.6) is 17.2 Å². The SMILES string of the molecule is O=C(O)C1Cc2cc(Cl)c(Oc3ccccc3)cc2OC1C(F)(F)F. The molecule has 1 aliphatic heterocycles. The van der Waals surface area contributed by atoms with E-state index in [1.54, 1.807) is 30.3 Å². The lowest BCUT2D eigenvalue weighted by molar-refractivity contribution is -0.217. The standard InChI is InChI=1S/C17H12ClF3O4/c18-12-7-9-6-11(16(22)23)15(17(19,20)21)25-13(9)8-14(12)24-10-4-2-1-3-5-10/h1-5,7-8,11,15H,6H2,(H,22,23). The van der Waals surface area contributed by atoms with E-state index in [9.17, 15) is 18.0 Å². The number of fused-ring (bicyclic) bond motifs is 1. The zero-order chi connectivity index (χ0) is 18.2. The Kier molecular flexibility index (Phi) is 4.51. The fourth-order valence-electron chi connectivity index (χ4n) is 2.61. The molecule has 2 atom stereocenters. The number of para-hydroxylation sites is 1. The van der Waals surface area contributed by atoms with Crippen molar-refractivity contribution in [1.29, 1.82) is 0 Å². The lowest BCUT2D eigenvalue weighted by atomic mass is 9.90. The summed E-state index contributed by atoms with van der Waals surface area (Å²) in [5.74, 6) is -2.81. The third-order valence-electron chi connectivity index (χ3n) is 3.79. The molecular weight excluding hydrogens is 361 g/mol. The molecule has 132 valence electrons. The molecule has 0 radical (unpaired) electrons. The van der Waals surface area contributed by atoms with Crippen molar-refractivity contribution in [3.63, 3.8) is 0 Å². The molecule has 0 fully saturated rings. The van der Waals surface area contributed by atoms with Crippen LogP contribution in [-0.2, 0) is 11.2 Å². The minimum absolute atomic E-state index is 0.0878. The molecule has 0 aliphatic carbocycles. The molecule has 25 heavy (non-hydrogen) atoms. The van der Waals surface area contributed by atoms with E-state index >= 15 is 0 Å². The van der Waals surface area contributed by atoms with E-state index in [-0.39, 0.29) is 22.9 Å². The van der Waals surface area contributed by atoms with Gasteiger partial charge in [-0.05, 0) is 30.2 Å². The Balaban J connectivity index is 1.96. The van der Waals surface area contributed by atoms with Crippen LogP contribution in [-0.4, -0.2) is 23.4 Å². The van der Waals surface area contributed by atoms with Crippen molar-refractivity contribution in [2.24, 2.45) is 5.92 Å². The minimum atomic E-state index is -4.80. The largest absolute Gasteiger partial charge is 0.481 e. The maximum atomic E-state index is 13.1. The second kappa shape index (κ2) is 6.48. The van der Waals surface area contributed by atoms with Crippen LogP contribution in [0.15, 0.2) is 42.5 Å². The van der Waals surface area contributed by atoms with Crippen molar-refractivity contribution < 1.29 is 32.5 Å². The number of carbonyl (C=O) groups is 1. The van der Waals surface area contributed by atoms with Crippen LogP contribution in [0.1, 0.15) is 5.56 Å². The predicted octanol–water partition coefficient (Wildman–Crippen LogP) is 4.70. The van der Waals surface area contributed by atoms with Gasteiger partial charge < -0.3 is 14.6 Å². The number of hydrogen-bond acceptors (Lipinski definition) is 3. The highest BCUT2D eigenvalue weighted by Crippen LogP contribution is 2.43. The van der Waals surface area contributed by atoms with Gasteiger partial charge in [-0.1, -0.05) is 29.8 Å². The topological polar surface area (TPSA) is 55.8 Å². The first kappa shape index (κ1) is 17.4. The van der Waals surface area contributed by atoms with Crippen molar-refractivity contribution in [2.45, 2.75) is 18.7 Å². The van der Waals surface area contributed by atoms with Crippen LogP contribution in [0.4, 0.5) is 13.2 Å². The molecule has 0 bridgehead atoms. The molecule has 2 aromatic rings. The first-order valence-corrected chi connectivity index (χ1v) is 7.65. The Morgan fingerprint density at radius 2 is 1.92 bits per heavy atom. The quantitative estimate of drug-likeness (QED) is 0.848. The Bertz CT molecular complexity index is 792. The second-order valence-corrected chi connectivity index (χ2v) is 5.94. The summed E-state index contributed by atoms with van der Waals surface area (Å²) in [6.07, 6.45) is -7.57. The smallest absolute Gasteiger partial charge is 0.426 e. The first-order valence-electron chi connectivity index (χ1n) is 7.27. The predicted molar refractivity (Wildman–Crippen MR) is 83.3 cm³/mol. The third-order valence-corrected chi connectivity index (χ3v) is 4.08. The number of benzene rings is 2. The maximum absolute atomic E-state index is 13.1. The van der Waals surface area contributed by atoms with E-state index in [4.69, 9.17) is 26.2 Å². The number of hydrogen-bond donors (Lipinski definition) is 1. The Morgan fingerprint density at radius 3 is 2.52 bits per heavy atom. The minimum Gasteiger partial charge on any atom is -0.481 e. The lowest BCUT2D eigenvalue weighted by Gasteiger charge is -2.32. The highest BCUT2D eigenvalue weighted by molar-refractivity contribution is 6.32. The van der Waals surface area contributed by atoms with Crippen LogP contribution in [0, 0.1) is 5.92 Å². The van der Waals surface area contributed by atoms with Gasteiger partial charge in [0.25, 0.3) is 0 Å². The monoisotopic (exact) mass is 372 g/mol. The molecule has 0 amide bonds. The van der Waals surface area contributed by atoms with Gasteiger partial charge in [-0.2, -0.15) is 13.2 Å². The third kappa shape index (κ3) is 3.66. The number of alkyl halides is 3. The average molecular weight is 373 g/mol. The van der Waals surface area contributed by atoms with E-state index < -0.39 is 24.2 Å². The molecule has 0 aromatic heterocycles. The van der Waals surface area contributed by atoms with E-state index in [0.29, 0.717) is 11.3 Å². The summed E-state index contributed by atoms with van der Waals surface area (Å²) in [5.41, 5.74) is 0.290. The Labute approximate surface area is 145 Å². The highest BCUT2D eigenvalue weighted by Gasteiger charge is 2.52. The first-order chi connectivity index (χ1) is 11.8. The van der Waals surface area contributed by atoms with Gasteiger partial charge in [-0.15, -0.1) is 0 Å². The lowest BCUT2D eigenvalue weighted by Crippen LogP contribution is -2.47. The molecule has 2 unspecified atom stereocenters. The van der Waals surface area contributed by atoms with Gasteiger partial charge in [0.2, 0.25) is 6.10 Å². The van der Waals surface area contributed by atoms with Crippen LogP contribution in [0.2, 0.25) is 5.02 Å². The number of carboxylic acid groups (broad SMARTS) is 1. The molecule has 2 aromatic carbocycles. The molecule has 8 heteroatoms. The van der Waals surface area contributed by atoms with Gasteiger partial charge in [0.15, 0.2) is 0 Å². The summed E-state index contributed by atoms with van der Waals surface area (Å²) < 4.78 is 49.9. The number of ether oxygens (including phenoxy) is 2. The number of rotatable bonds is 3. The molecule has 1 heterocycles. The molecule has 3 rings (SSSR count). The summed E-state index contributed by atoms with van der Waals surface area (Å²) in [4.78, 5) is 11.2. The summed E-state index contributed by atoms with van der Waals surface area (Å²) in [5, 5.41) is 9.23. The van der Waals surface area contributed by atoms with Gasteiger partial charge in [0.1, 0.15) is 23.2 Å². The van der Waals surface area contributed by atoms with Crippen molar-refractivity contribution in [3.05, 3.63) is 53.1 Å². The Morgan fingerprint density at radius 1 is 1.24 bits per heavy atom. The second-order valence-electron chi connectivity index (χ2n) is 5.53. The zero-order valence-electron chi connectivity index (χ0n) is 12.6. The molecule has 1 aliphatic rings. The van der Waals surface area contributed by atoms with Gasteiger partial charge in [0, 0.05) is 6.07 Å². The fraction of sp³-hybridized carbons (Fsp3) is 0.235. The average Bonchev–Trinajstić information content (AvgIpc) is 2.54. The molecule has 0 saturated carbocycles. The van der Waals surface area contributed by atoms with Crippen LogP contribution in [0.25, 0.3) is 0 Å². The van der Waals surface area contributed by atoms with Crippen molar-refractivity contribution in [3.8, 4) is 17.2 Å². The van der Waals surface area contributed by atoms with Crippen LogP contribution >= 0.6 is 11.6 Å². The van der Waals surface area contributed by atoms with E-state index in [1.807, 2.05) is 0 Å². The van der Waals surface area contributed by atoms with E-state index in [1.165, 1.54) is 12.1 Å². The summed E-state index contributed by atoms with van der Waals surface area (Å²) >= 11 is 6.11. The van der Waals surface area contributed by atoms with Gasteiger partial charge in [-0.25, -0.2) is 0 Å². The fourth-order valence-corrected chi connectivity index (χ4v) is 2.84. The summed E-state index contributed by atoms with van der Waals surface area (Å²) in [7, 11) is 0. The maximum Gasteiger partial charge on any atom is 0.426 e. The van der Waals surface area contributed by atoms with Crippen molar-refractivity contribution >= 4 is 17.6 Å². The van der Waals surface area contributed by atoms with Crippen LogP contribution < -0.4 is 9.47 Å². The summed E-state index contributed by atoms with van der Waals surface area (Å²) in [6.45, 7) is 0. The summed E-state index contributed by atoms with van der Waals surface area (Å²) in [6, 6.07) is 11.2. The number of halogens is 4. The van der Waals surface area contributed by atoms with Gasteiger partial charge in [-0.3, -0.25) is 4.79 Å².